The van der Waals surface area contributed by atoms with Crippen molar-refractivity contribution in [3.8, 4) is 0 Å². The first kappa shape index (κ1) is 19.6. The fourth-order valence-electron chi connectivity index (χ4n) is 4.92. The van der Waals surface area contributed by atoms with E-state index in [1.165, 1.54) is 25.9 Å². The third-order valence-electron chi connectivity index (χ3n) is 7.24. The van der Waals surface area contributed by atoms with Gasteiger partial charge in [0.2, 0.25) is 5.82 Å². The molecule has 0 bridgehead atoms. The van der Waals surface area contributed by atoms with Gasteiger partial charge >= 0.3 is 0 Å². The molecule has 7 heteroatoms. The molecule has 1 atom stereocenters. The van der Waals surface area contributed by atoms with Gasteiger partial charge in [-0.25, -0.2) is 9.97 Å². The van der Waals surface area contributed by atoms with Crippen LogP contribution in [0.1, 0.15) is 54.0 Å². The number of anilines is 1. The Hall–Kier alpha value is -1.73. The van der Waals surface area contributed by atoms with Gasteiger partial charge in [0, 0.05) is 43.5 Å². The van der Waals surface area contributed by atoms with E-state index in [9.17, 15) is 4.79 Å². The van der Waals surface area contributed by atoms with E-state index in [4.69, 9.17) is 10.7 Å². The van der Waals surface area contributed by atoms with Gasteiger partial charge in [-0.05, 0) is 71.5 Å². The highest BCUT2D eigenvalue weighted by atomic mass is 16.2. The number of hydrogen-bond donors (Lipinski definition) is 1. The molecule has 7 nitrogen and oxygen atoms in total. The van der Waals surface area contributed by atoms with Crippen LogP contribution in [0.5, 0.6) is 0 Å². The number of carbonyl (C=O) groups is 1. The summed E-state index contributed by atoms with van der Waals surface area (Å²) in [6.45, 7) is 9.69. The van der Waals surface area contributed by atoms with E-state index in [-0.39, 0.29) is 11.9 Å². The molecule has 1 aromatic rings. The number of nitrogens with two attached hydrogens (primary N) is 1. The van der Waals surface area contributed by atoms with Crippen LogP contribution in [-0.2, 0) is 0 Å². The van der Waals surface area contributed by atoms with Crippen molar-refractivity contribution in [2.75, 3.05) is 51.2 Å². The van der Waals surface area contributed by atoms with Crippen molar-refractivity contribution in [3.63, 3.8) is 0 Å². The smallest absolute Gasteiger partial charge is 0.291 e. The van der Waals surface area contributed by atoms with Crippen LogP contribution < -0.4 is 10.6 Å². The van der Waals surface area contributed by atoms with E-state index < -0.39 is 0 Å². The lowest BCUT2D eigenvalue weighted by atomic mass is 9.71. The summed E-state index contributed by atoms with van der Waals surface area (Å²) in [6, 6.07) is 0.182. The minimum Gasteiger partial charge on any atom is -0.355 e. The quantitative estimate of drug-likeness (QED) is 0.831. The summed E-state index contributed by atoms with van der Waals surface area (Å²) in [7, 11) is 2.20. The molecule has 3 fully saturated rings. The molecule has 0 unspecified atom stereocenters. The molecule has 0 radical (unpaired) electrons. The fraction of sp³-hybridized carbons (Fsp3) is 0.762. The summed E-state index contributed by atoms with van der Waals surface area (Å²) in [6.07, 6.45) is 5.68. The minimum absolute atomic E-state index is 0.0179. The number of nitrogens with zero attached hydrogens (tertiary/aromatic N) is 5. The second-order valence-corrected chi connectivity index (χ2v) is 9.17. The highest BCUT2D eigenvalue weighted by Crippen LogP contribution is 2.41. The Morgan fingerprint density at radius 2 is 1.68 bits per heavy atom. The lowest BCUT2D eigenvalue weighted by molar-refractivity contribution is 0.0345. The summed E-state index contributed by atoms with van der Waals surface area (Å²) >= 11 is 0. The van der Waals surface area contributed by atoms with Crippen molar-refractivity contribution >= 4 is 11.7 Å². The number of carbonyl (C=O) groups excluding carboxylic acids is 1. The average molecular weight is 387 g/mol. The third kappa shape index (κ3) is 3.74. The zero-order valence-corrected chi connectivity index (χ0v) is 17.6. The molecule has 4 heterocycles. The molecule has 3 aliphatic rings. The molecule has 4 rings (SSSR count). The second kappa shape index (κ2) is 7.59. The van der Waals surface area contributed by atoms with Crippen LogP contribution in [0.25, 0.3) is 0 Å². The molecule has 0 saturated carbocycles. The Labute approximate surface area is 168 Å². The van der Waals surface area contributed by atoms with Crippen LogP contribution in [0.15, 0.2) is 0 Å². The van der Waals surface area contributed by atoms with Crippen molar-refractivity contribution in [2.45, 2.75) is 52.0 Å². The van der Waals surface area contributed by atoms with E-state index in [0.29, 0.717) is 11.2 Å². The average Bonchev–Trinajstić information content (AvgIpc) is 3.12. The molecule has 28 heavy (non-hydrogen) atoms. The van der Waals surface area contributed by atoms with Gasteiger partial charge in [0.25, 0.3) is 5.91 Å². The van der Waals surface area contributed by atoms with Gasteiger partial charge in [0.05, 0.1) is 0 Å². The minimum atomic E-state index is -0.0179. The fourth-order valence-corrected chi connectivity index (χ4v) is 4.92. The highest BCUT2D eigenvalue weighted by Gasteiger charge is 2.38. The number of aryl methyl sites for hydroxylation is 1. The first-order valence-electron chi connectivity index (χ1n) is 10.7. The number of piperidine rings is 2. The summed E-state index contributed by atoms with van der Waals surface area (Å²) in [5, 5.41) is 0. The molecule has 3 aliphatic heterocycles. The van der Waals surface area contributed by atoms with Crippen LogP contribution in [-0.4, -0.2) is 78.0 Å². The Morgan fingerprint density at radius 3 is 2.29 bits per heavy atom. The Morgan fingerprint density at radius 1 is 1.04 bits per heavy atom. The molecule has 1 spiro atoms. The predicted octanol–water partition coefficient (Wildman–Crippen LogP) is 1.58. The lowest BCUT2D eigenvalue weighted by Gasteiger charge is -2.46. The zero-order chi connectivity index (χ0) is 19.9. The summed E-state index contributed by atoms with van der Waals surface area (Å²) in [5.74, 6) is 1.21. The number of amides is 1. The molecule has 3 saturated heterocycles. The molecule has 1 amide bonds. The number of aromatic nitrogens is 2. The van der Waals surface area contributed by atoms with Gasteiger partial charge in [-0.3, -0.25) is 4.79 Å². The van der Waals surface area contributed by atoms with Crippen LogP contribution in [0.2, 0.25) is 0 Å². The molecule has 0 aliphatic carbocycles. The van der Waals surface area contributed by atoms with Crippen LogP contribution in [0.4, 0.5) is 5.82 Å². The van der Waals surface area contributed by atoms with E-state index in [1.807, 2.05) is 18.7 Å². The molecule has 1 aromatic heterocycles. The van der Waals surface area contributed by atoms with Gasteiger partial charge in [0.15, 0.2) is 0 Å². The van der Waals surface area contributed by atoms with E-state index in [0.717, 1.165) is 62.5 Å². The van der Waals surface area contributed by atoms with Crippen molar-refractivity contribution in [1.29, 1.82) is 0 Å². The van der Waals surface area contributed by atoms with Crippen LogP contribution >= 0.6 is 0 Å². The normalized spacial score (nSPS) is 25.5. The van der Waals surface area contributed by atoms with Gasteiger partial charge in [-0.15, -0.1) is 0 Å². The zero-order valence-electron chi connectivity index (χ0n) is 17.6. The maximum absolute atomic E-state index is 13.2. The first-order valence-corrected chi connectivity index (χ1v) is 10.7. The van der Waals surface area contributed by atoms with Gasteiger partial charge in [-0.1, -0.05) is 0 Å². The largest absolute Gasteiger partial charge is 0.355 e. The van der Waals surface area contributed by atoms with E-state index >= 15 is 0 Å². The van der Waals surface area contributed by atoms with Crippen LogP contribution in [0, 0.1) is 19.3 Å². The number of rotatable bonds is 2. The lowest BCUT2D eigenvalue weighted by Crippen LogP contribution is -2.47. The topological polar surface area (TPSA) is 78.6 Å². The van der Waals surface area contributed by atoms with Crippen LogP contribution in [0.3, 0.4) is 0 Å². The van der Waals surface area contributed by atoms with Crippen molar-refractivity contribution in [2.24, 2.45) is 11.1 Å². The molecule has 2 N–H and O–H groups in total. The predicted molar refractivity (Wildman–Crippen MR) is 111 cm³/mol. The number of hydrogen-bond acceptors (Lipinski definition) is 6. The molecular formula is C21H34N6O. The Bertz CT molecular complexity index is 733. The Kier molecular flexibility index (Phi) is 5.31. The van der Waals surface area contributed by atoms with Crippen molar-refractivity contribution in [1.82, 2.24) is 19.8 Å². The number of likely N-dealkylation sites (tertiary alicyclic amines) is 2. The van der Waals surface area contributed by atoms with Crippen molar-refractivity contribution < 1.29 is 4.79 Å². The van der Waals surface area contributed by atoms with Gasteiger partial charge in [0.1, 0.15) is 5.82 Å². The summed E-state index contributed by atoms with van der Waals surface area (Å²) in [5.41, 5.74) is 8.45. The monoisotopic (exact) mass is 386 g/mol. The maximum Gasteiger partial charge on any atom is 0.291 e. The van der Waals surface area contributed by atoms with Gasteiger partial charge in [-0.2, -0.15) is 0 Å². The van der Waals surface area contributed by atoms with E-state index in [1.54, 1.807) is 0 Å². The van der Waals surface area contributed by atoms with Crippen molar-refractivity contribution in [3.05, 3.63) is 17.1 Å². The summed E-state index contributed by atoms with van der Waals surface area (Å²) in [4.78, 5) is 29.0. The summed E-state index contributed by atoms with van der Waals surface area (Å²) < 4.78 is 0. The molecular weight excluding hydrogens is 352 g/mol. The maximum atomic E-state index is 13.2. The molecule has 154 valence electrons. The SMILES string of the molecule is Cc1nc(C(=O)N2CCC3(CCN(C)CC3)CC2)nc(N2CC[C@@H](N)C2)c1C. The Balaban J connectivity index is 1.47. The van der Waals surface area contributed by atoms with E-state index in [2.05, 4.69) is 21.8 Å². The standard InChI is InChI=1S/C21H34N6O/c1-15-16(2)23-18(24-19(15)27-9-4-17(22)14-27)20(28)26-12-7-21(8-13-26)5-10-25(3)11-6-21/h17H,4-14,22H2,1-3H3/t17-/m1/s1. The third-order valence-corrected chi connectivity index (χ3v) is 7.24. The molecule has 0 aromatic carbocycles. The second-order valence-electron chi connectivity index (χ2n) is 9.17. The first-order chi connectivity index (χ1) is 13.4. The van der Waals surface area contributed by atoms with Gasteiger partial charge < -0.3 is 20.4 Å². The highest BCUT2D eigenvalue weighted by molar-refractivity contribution is 5.91.